The second-order valence-corrected chi connectivity index (χ2v) is 3.63. The van der Waals surface area contributed by atoms with Crippen molar-refractivity contribution in [2.24, 2.45) is 0 Å². The predicted molar refractivity (Wildman–Crippen MR) is 76.8 cm³/mol. The second-order valence-electron chi connectivity index (χ2n) is 3.36. The summed E-state index contributed by atoms with van der Waals surface area (Å²) in [5.74, 6) is 0.311. The number of methoxy groups -OCH3 is 2. The van der Waals surface area contributed by atoms with E-state index in [1.54, 1.807) is 18.2 Å². The molecule has 0 fully saturated rings. The molecule has 0 saturated heterocycles. The molecule has 0 aliphatic rings. The molecule has 0 radical (unpaired) electrons. The van der Waals surface area contributed by atoms with Gasteiger partial charge in [0.15, 0.2) is 0 Å². The number of ether oxygens (including phenoxy) is 2. The number of carbonyl (C=O) groups excluding carboxylic acids is 3. The minimum absolute atomic E-state index is 0.183. The van der Waals surface area contributed by atoms with Gasteiger partial charge in [0.05, 0.1) is 26.4 Å². The summed E-state index contributed by atoms with van der Waals surface area (Å²) in [7, 11) is 2.61. The summed E-state index contributed by atoms with van der Waals surface area (Å²) < 4.78 is 18.5. The minimum atomic E-state index is -0.485. The van der Waals surface area contributed by atoms with E-state index in [0.717, 1.165) is 0 Å². The average molecular weight is 331 g/mol. The third kappa shape index (κ3) is 6.27. The van der Waals surface area contributed by atoms with Crippen LogP contribution in [0.15, 0.2) is 39.4 Å². The summed E-state index contributed by atoms with van der Waals surface area (Å²) in [4.78, 5) is 29.3. The molecule has 0 saturated carbocycles. The Kier molecular flexibility index (Phi) is 9.87. The minimum Gasteiger partial charge on any atom is -0.463 e. The van der Waals surface area contributed by atoms with Gasteiger partial charge in [0.2, 0.25) is 11.5 Å². The monoisotopic (exact) mass is 330 g/mol. The van der Waals surface area contributed by atoms with Crippen LogP contribution in [0.2, 0.25) is 0 Å². The van der Waals surface area contributed by atoms with E-state index in [9.17, 15) is 9.59 Å². The summed E-state index contributed by atoms with van der Waals surface area (Å²) >= 11 is 5.44. The fourth-order valence-electron chi connectivity index (χ4n) is 1.16. The molecular formula is C14H15ClO7. The first-order chi connectivity index (χ1) is 10.6. The molecule has 2 aromatic heterocycles. The van der Waals surface area contributed by atoms with Crippen molar-refractivity contribution in [3.8, 4) is 0 Å². The van der Waals surface area contributed by atoms with Gasteiger partial charge in [0, 0.05) is 0 Å². The maximum atomic E-state index is 10.8. The molecule has 0 unspecified atom stereocenters. The van der Waals surface area contributed by atoms with Crippen LogP contribution in [0.25, 0.3) is 0 Å². The molecular weight excluding hydrogens is 316 g/mol. The Morgan fingerprint density at radius 3 is 2.09 bits per heavy atom. The van der Waals surface area contributed by atoms with E-state index in [-0.39, 0.29) is 17.4 Å². The molecule has 7 nitrogen and oxygen atoms in total. The zero-order chi connectivity index (χ0) is 17.0. The average Bonchev–Trinajstić information content (AvgIpc) is 3.27. The topological polar surface area (TPSA) is 96.0 Å². The third-order valence-electron chi connectivity index (χ3n) is 2.09. The highest BCUT2D eigenvalue weighted by molar-refractivity contribution is 6.16. The van der Waals surface area contributed by atoms with E-state index in [0.29, 0.717) is 5.76 Å². The Morgan fingerprint density at radius 1 is 1.09 bits per heavy atom. The molecule has 2 heterocycles. The third-order valence-corrected chi connectivity index (χ3v) is 2.35. The Balaban J connectivity index is 0.000000366. The van der Waals surface area contributed by atoms with Gasteiger partial charge in [-0.2, -0.15) is 0 Å². The summed E-state index contributed by atoms with van der Waals surface area (Å²) in [5.41, 5.74) is 0. The second kappa shape index (κ2) is 11.2. The van der Waals surface area contributed by atoms with E-state index in [2.05, 4.69) is 9.47 Å². The maximum Gasteiger partial charge on any atom is 0.373 e. The van der Waals surface area contributed by atoms with Gasteiger partial charge in [-0.1, -0.05) is 0 Å². The number of hydrogen-bond donors (Lipinski definition) is 0. The Morgan fingerprint density at radius 2 is 1.68 bits per heavy atom. The lowest BCUT2D eigenvalue weighted by Gasteiger charge is -1.91. The van der Waals surface area contributed by atoms with Gasteiger partial charge >= 0.3 is 11.9 Å². The van der Waals surface area contributed by atoms with Gasteiger partial charge in [-0.15, -0.1) is 11.6 Å². The van der Waals surface area contributed by atoms with Crippen molar-refractivity contribution in [2.75, 3.05) is 14.2 Å². The van der Waals surface area contributed by atoms with Crippen molar-refractivity contribution in [1.82, 2.24) is 0 Å². The molecule has 8 heteroatoms. The van der Waals surface area contributed by atoms with Crippen LogP contribution < -0.4 is 0 Å². The molecule has 0 N–H and O–H groups in total. The van der Waals surface area contributed by atoms with Crippen molar-refractivity contribution < 1.29 is 32.7 Å². The normalized spacial score (nSPS) is 8.68. The zero-order valence-electron chi connectivity index (χ0n) is 12.0. The molecule has 2 rings (SSSR count). The van der Waals surface area contributed by atoms with E-state index < -0.39 is 11.9 Å². The number of rotatable bonds is 3. The number of hydrogen-bond acceptors (Lipinski definition) is 7. The lowest BCUT2D eigenvalue weighted by Crippen LogP contribution is -1.98. The molecule has 2 aromatic rings. The van der Waals surface area contributed by atoms with Crippen LogP contribution >= 0.6 is 11.6 Å². The van der Waals surface area contributed by atoms with Gasteiger partial charge < -0.3 is 23.1 Å². The quantitative estimate of drug-likeness (QED) is 0.630. The van der Waals surface area contributed by atoms with Crippen LogP contribution in [0.3, 0.4) is 0 Å². The molecule has 0 atom stereocenters. The first-order valence-corrected chi connectivity index (χ1v) is 6.29. The van der Waals surface area contributed by atoms with Gasteiger partial charge in [0.1, 0.15) is 12.5 Å². The van der Waals surface area contributed by atoms with Crippen molar-refractivity contribution in [3.05, 3.63) is 47.8 Å². The Bertz CT molecular complexity index is 560. The number of furan rings is 2. The van der Waals surface area contributed by atoms with Crippen LogP contribution in [-0.4, -0.2) is 32.9 Å². The van der Waals surface area contributed by atoms with E-state index in [1.807, 2.05) is 6.79 Å². The highest BCUT2D eigenvalue weighted by Gasteiger charge is 2.09. The van der Waals surface area contributed by atoms with Crippen LogP contribution in [0.1, 0.15) is 26.9 Å². The standard InChI is InChI=1S/C7H7ClO3.C6H6O3.CH2O/c1-10-7(9)6-3-2-5(4-8)11-6;1-8-6(7)5-3-2-4-9-5;1-2/h2-3H,4H2,1H3;2-4H,1H3;1H2. The van der Waals surface area contributed by atoms with Gasteiger partial charge in [-0.05, 0) is 24.3 Å². The van der Waals surface area contributed by atoms with E-state index in [4.69, 9.17) is 25.2 Å². The maximum absolute atomic E-state index is 10.8. The fourth-order valence-corrected chi connectivity index (χ4v) is 1.30. The summed E-state index contributed by atoms with van der Waals surface area (Å²) in [5, 5.41) is 0. The smallest absolute Gasteiger partial charge is 0.373 e. The van der Waals surface area contributed by atoms with Gasteiger partial charge in [0.25, 0.3) is 0 Å². The highest BCUT2D eigenvalue weighted by atomic mass is 35.5. The van der Waals surface area contributed by atoms with Crippen LogP contribution in [-0.2, 0) is 20.1 Å². The van der Waals surface area contributed by atoms with Crippen LogP contribution in [0, 0.1) is 0 Å². The van der Waals surface area contributed by atoms with E-state index in [1.165, 1.54) is 26.5 Å². The molecule has 0 aliphatic carbocycles. The fraction of sp³-hybridized carbons (Fsp3) is 0.214. The first-order valence-electron chi connectivity index (χ1n) is 5.76. The largest absolute Gasteiger partial charge is 0.463 e. The predicted octanol–water partition coefficient (Wildman–Crippen LogP) is 2.69. The highest BCUT2D eigenvalue weighted by Crippen LogP contribution is 2.10. The number of alkyl halides is 1. The van der Waals surface area contributed by atoms with Crippen molar-refractivity contribution in [1.29, 1.82) is 0 Å². The van der Waals surface area contributed by atoms with Gasteiger partial charge in [-0.3, -0.25) is 0 Å². The van der Waals surface area contributed by atoms with Crippen molar-refractivity contribution >= 4 is 30.3 Å². The Hall–Kier alpha value is -2.54. The number of carbonyl (C=O) groups is 3. The lowest BCUT2D eigenvalue weighted by atomic mass is 10.4. The molecule has 0 bridgehead atoms. The van der Waals surface area contributed by atoms with Crippen LogP contribution in [0.4, 0.5) is 0 Å². The zero-order valence-corrected chi connectivity index (χ0v) is 12.8. The number of halogens is 1. The van der Waals surface area contributed by atoms with Crippen molar-refractivity contribution in [3.63, 3.8) is 0 Å². The SMILES string of the molecule is C=O.COC(=O)c1ccc(CCl)o1.COC(=O)c1ccco1. The van der Waals surface area contributed by atoms with Crippen molar-refractivity contribution in [2.45, 2.75) is 5.88 Å². The van der Waals surface area contributed by atoms with Gasteiger partial charge in [-0.25, -0.2) is 9.59 Å². The summed E-state index contributed by atoms with van der Waals surface area (Å²) in [6.07, 6.45) is 1.42. The summed E-state index contributed by atoms with van der Waals surface area (Å²) in [6.45, 7) is 2.00. The first kappa shape index (κ1) is 19.5. The molecule has 22 heavy (non-hydrogen) atoms. The molecule has 120 valence electrons. The van der Waals surface area contributed by atoms with E-state index >= 15 is 0 Å². The molecule has 0 spiro atoms. The van der Waals surface area contributed by atoms with Crippen LogP contribution in [0.5, 0.6) is 0 Å². The Labute approximate surface area is 131 Å². The number of esters is 2. The lowest BCUT2D eigenvalue weighted by molar-refractivity contribution is -0.0980. The molecule has 0 aromatic carbocycles. The summed E-state index contributed by atoms with van der Waals surface area (Å²) in [6, 6.07) is 6.35. The molecule has 0 amide bonds. The molecule has 0 aliphatic heterocycles.